The fourth-order valence-corrected chi connectivity index (χ4v) is 3.94. The normalized spacial score (nSPS) is 15.5. The second-order valence-electron chi connectivity index (χ2n) is 6.97. The zero-order chi connectivity index (χ0) is 18.1. The van der Waals surface area contributed by atoms with Gasteiger partial charge in [-0.3, -0.25) is 9.59 Å². The molecule has 1 heterocycles. The number of piperidine rings is 1. The van der Waals surface area contributed by atoms with E-state index in [0.29, 0.717) is 32.4 Å². The number of amides is 1. The van der Waals surface area contributed by atoms with Crippen molar-refractivity contribution >= 4 is 33.4 Å². The molecule has 4 nitrogen and oxygen atoms in total. The molecule has 1 saturated heterocycles. The molecule has 0 aliphatic carbocycles. The lowest BCUT2D eigenvalue weighted by Crippen LogP contribution is -2.41. The zero-order valence-electron chi connectivity index (χ0n) is 14.5. The number of carboxylic acid groups (broad SMARTS) is 1. The number of carbonyl (C=O) groups is 2. The smallest absolute Gasteiger partial charge is 0.306 e. The number of aliphatic carboxylic acids is 1. The van der Waals surface area contributed by atoms with E-state index in [1.165, 1.54) is 0 Å². The Morgan fingerprint density at radius 2 is 1.46 bits per heavy atom. The maximum Gasteiger partial charge on any atom is 0.306 e. The molecule has 3 aromatic rings. The molecule has 4 heteroatoms. The van der Waals surface area contributed by atoms with Gasteiger partial charge < -0.3 is 10.0 Å². The van der Waals surface area contributed by atoms with E-state index in [0.717, 1.165) is 27.1 Å². The minimum atomic E-state index is -0.753. The number of hydrogen-bond acceptors (Lipinski definition) is 2. The van der Waals surface area contributed by atoms with Crippen LogP contribution in [0, 0.1) is 5.92 Å². The SMILES string of the molecule is O=C(O)C1CCN(C(=O)Cc2c3ccccc3cc3ccccc23)CC1. The summed E-state index contributed by atoms with van der Waals surface area (Å²) in [6.07, 6.45) is 1.42. The average molecular weight is 347 g/mol. The highest BCUT2D eigenvalue weighted by molar-refractivity contribution is 6.04. The van der Waals surface area contributed by atoms with Crippen LogP contribution in [0.4, 0.5) is 0 Å². The van der Waals surface area contributed by atoms with Crippen molar-refractivity contribution in [3.8, 4) is 0 Å². The number of nitrogens with zero attached hydrogens (tertiary/aromatic N) is 1. The Kier molecular flexibility index (Phi) is 4.33. The van der Waals surface area contributed by atoms with Crippen molar-refractivity contribution in [3.63, 3.8) is 0 Å². The molecular weight excluding hydrogens is 326 g/mol. The van der Waals surface area contributed by atoms with Crippen LogP contribution in [0.3, 0.4) is 0 Å². The third-order valence-electron chi connectivity index (χ3n) is 5.41. The maximum atomic E-state index is 12.9. The summed E-state index contributed by atoms with van der Waals surface area (Å²) in [4.78, 5) is 25.8. The number of carbonyl (C=O) groups excluding carboxylic acids is 1. The molecule has 26 heavy (non-hydrogen) atoms. The van der Waals surface area contributed by atoms with E-state index in [1.807, 2.05) is 29.2 Å². The molecule has 0 radical (unpaired) electrons. The Bertz CT molecular complexity index is 933. The first-order chi connectivity index (χ1) is 12.6. The van der Waals surface area contributed by atoms with Crippen molar-refractivity contribution in [2.24, 2.45) is 5.92 Å². The Balaban J connectivity index is 1.66. The van der Waals surface area contributed by atoms with Crippen LogP contribution >= 0.6 is 0 Å². The minimum absolute atomic E-state index is 0.0790. The van der Waals surface area contributed by atoms with E-state index >= 15 is 0 Å². The first-order valence-electron chi connectivity index (χ1n) is 9.03. The number of likely N-dealkylation sites (tertiary alicyclic amines) is 1. The molecule has 0 saturated carbocycles. The van der Waals surface area contributed by atoms with Gasteiger partial charge in [0.05, 0.1) is 12.3 Å². The van der Waals surface area contributed by atoms with Gasteiger partial charge in [-0.1, -0.05) is 48.5 Å². The Morgan fingerprint density at radius 1 is 0.923 bits per heavy atom. The summed E-state index contributed by atoms with van der Waals surface area (Å²) in [6, 6.07) is 18.5. The third kappa shape index (κ3) is 3.03. The highest BCUT2D eigenvalue weighted by Gasteiger charge is 2.27. The number of rotatable bonds is 3. The Hall–Kier alpha value is -2.88. The van der Waals surface area contributed by atoms with Gasteiger partial charge in [-0.15, -0.1) is 0 Å². The van der Waals surface area contributed by atoms with Crippen molar-refractivity contribution < 1.29 is 14.7 Å². The monoisotopic (exact) mass is 347 g/mol. The summed E-state index contributed by atoms with van der Waals surface area (Å²) in [5.41, 5.74) is 1.06. The van der Waals surface area contributed by atoms with Gasteiger partial charge >= 0.3 is 5.97 Å². The van der Waals surface area contributed by atoms with Gasteiger partial charge in [0.15, 0.2) is 0 Å². The van der Waals surface area contributed by atoms with Crippen LogP contribution in [-0.2, 0) is 16.0 Å². The average Bonchev–Trinajstić information content (AvgIpc) is 2.67. The quantitative estimate of drug-likeness (QED) is 0.732. The molecule has 4 rings (SSSR count). The molecule has 0 unspecified atom stereocenters. The van der Waals surface area contributed by atoms with Crippen LogP contribution in [0.5, 0.6) is 0 Å². The van der Waals surface area contributed by atoms with Gasteiger partial charge in [-0.25, -0.2) is 0 Å². The lowest BCUT2D eigenvalue weighted by molar-refractivity contribution is -0.145. The van der Waals surface area contributed by atoms with Crippen molar-refractivity contribution in [1.29, 1.82) is 0 Å². The molecule has 1 aliphatic heterocycles. The number of carboxylic acids is 1. The standard InChI is InChI=1S/C22H21NO3/c24-21(23-11-9-15(10-12-23)22(25)26)14-20-18-7-3-1-5-16(18)13-17-6-2-4-8-19(17)20/h1-8,13,15H,9-12,14H2,(H,25,26). The van der Waals surface area contributed by atoms with E-state index in [2.05, 4.69) is 30.3 Å². The summed E-state index contributed by atoms with van der Waals surface area (Å²) in [5.74, 6) is -0.995. The van der Waals surface area contributed by atoms with E-state index in [-0.39, 0.29) is 11.8 Å². The van der Waals surface area contributed by atoms with Crippen LogP contribution in [0.15, 0.2) is 54.6 Å². The molecule has 0 aromatic heterocycles. The van der Waals surface area contributed by atoms with Gasteiger partial charge in [-0.05, 0) is 46.0 Å². The molecule has 3 aromatic carbocycles. The molecular formula is C22H21NO3. The largest absolute Gasteiger partial charge is 0.481 e. The third-order valence-corrected chi connectivity index (χ3v) is 5.41. The Morgan fingerprint density at radius 3 is 2.00 bits per heavy atom. The van der Waals surface area contributed by atoms with Crippen molar-refractivity contribution in [2.75, 3.05) is 13.1 Å². The lowest BCUT2D eigenvalue weighted by Gasteiger charge is -2.30. The van der Waals surface area contributed by atoms with Gasteiger partial charge in [-0.2, -0.15) is 0 Å². The summed E-state index contributed by atoms with van der Waals surface area (Å²) < 4.78 is 0. The zero-order valence-corrected chi connectivity index (χ0v) is 14.5. The van der Waals surface area contributed by atoms with Gasteiger partial charge in [0.2, 0.25) is 5.91 Å². The van der Waals surface area contributed by atoms with E-state index in [9.17, 15) is 9.59 Å². The molecule has 1 fully saturated rings. The van der Waals surface area contributed by atoms with Crippen molar-refractivity contribution in [1.82, 2.24) is 4.90 Å². The summed E-state index contributed by atoms with van der Waals surface area (Å²) in [5, 5.41) is 13.6. The van der Waals surface area contributed by atoms with Gasteiger partial charge in [0.25, 0.3) is 0 Å². The first kappa shape index (κ1) is 16.6. The van der Waals surface area contributed by atoms with Crippen LogP contribution in [0.2, 0.25) is 0 Å². The first-order valence-corrected chi connectivity index (χ1v) is 9.03. The van der Waals surface area contributed by atoms with Gasteiger partial charge in [0.1, 0.15) is 0 Å². The summed E-state index contributed by atoms with van der Waals surface area (Å²) in [7, 11) is 0. The van der Waals surface area contributed by atoms with Crippen LogP contribution in [0.1, 0.15) is 18.4 Å². The number of benzene rings is 3. The number of fused-ring (bicyclic) bond motifs is 2. The number of hydrogen-bond donors (Lipinski definition) is 1. The topological polar surface area (TPSA) is 57.6 Å². The molecule has 0 bridgehead atoms. The van der Waals surface area contributed by atoms with Crippen LogP contribution in [0.25, 0.3) is 21.5 Å². The van der Waals surface area contributed by atoms with Crippen molar-refractivity contribution in [2.45, 2.75) is 19.3 Å². The van der Waals surface area contributed by atoms with E-state index < -0.39 is 5.97 Å². The highest BCUT2D eigenvalue weighted by atomic mass is 16.4. The predicted octanol–water partition coefficient (Wildman–Crippen LogP) is 3.86. The molecule has 132 valence electrons. The predicted molar refractivity (Wildman–Crippen MR) is 102 cm³/mol. The fourth-order valence-electron chi connectivity index (χ4n) is 3.94. The minimum Gasteiger partial charge on any atom is -0.481 e. The second kappa shape index (κ2) is 6.79. The van der Waals surface area contributed by atoms with Crippen molar-refractivity contribution in [3.05, 3.63) is 60.2 Å². The maximum absolute atomic E-state index is 12.9. The second-order valence-corrected chi connectivity index (χ2v) is 6.97. The lowest BCUT2D eigenvalue weighted by atomic mass is 9.93. The molecule has 1 aliphatic rings. The van der Waals surface area contributed by atoms with Crippen LogP contribution in [-0.4, -0.2) is 35.0 Å². The molecule has 0 spiro atoms. The fraction of sp³-hybridized carbons (Fsp3) is 0.273. The highest BCUT2D eigenvalue weighted by Crippen LogP contribution is 2.29. The Labute approximate surface area is 152 Å². The molecule has 0 atom stereocenters. The molecule has 1 N–H and O–H groups in total. The summed E-state index contributed by atoms with van der Waals surface area (Å²) in [6.45, 7) is 1.05. The van der Waals surface area contributed by atoms with Gasteiger partial charge in [0, 0.05) is 13.1 Å². The summed E-state index contributed by atoms with van der Waals surface area (Å²) >= 11 is 0. The van der Waals surface area contributed by atoms with E-state index in [1.54, 1.807) is 0 Å². The van der Waals surface area contributed by atoms with E-state index in [4.69, 9.17) is 5.11 Å². The van der Waals surface area contributed by atoms with Crippen LogP contribution < -0.4 is 0 Å². The molecule has 1 amide bonds.